The van der Waals surface area contributed by atoms with Crippen LogP contribution in [0.5, 0.6) is 11.5 Å². The quantitative estimate of drug-likeness (QED) is 0.309. The van der Waals surface area contributed by atoms with Crippen molar-refractivity contribution in [2.24, 2.45) is 23.7 Å². The molecule has 4 aliphatic rings. The molecule has 2 saturated heterocycles. The van der Waals surface area contributed by atoms with Gasteiger partial charge in [0.1, 0.15) is 0 Å². The van der Waals surface area contributed by atoms with Crippen LogP contribution in [-0.2, 0) is 24.6 Å². The average molecular weight is 606 g/mol. The number of amides is 4. The number of fused-ring (bicyclic) bond motifs is 4. The van der Waals surface area contributed by atoms with Gasteiger partial charge in [-0.15, -0.1) is 0 Å². The van der Waals surface area contributed by atoms with E-state index >= 15 is 4.79 Å². The van der Waals surface area contributed by atoms with Gasteiger partial charge in [0.05, 0.1) is 35.5 Å². The number of phenolic OH excluding ortho intramolecular Hbond substituents is 1. The Labute approximate surface area is 261 Å². The van der Waals surface area contributed by atoms with Gasteiger partial charge in [0.2, 0.25) is 11.8 Å². The topological polar surface area (TPSA) is 116 Å². The molecule has 2 N–H and O–H groups in total. The average Bonchev–Trinajstić information content (AvgIpc) is 3.40. The fourth-order valence-electron chi connectivity index (χ4n) is 8.26. The number of hydrogen-bond donors (Lipinski definition) is 2. The maximum atomic E-state index is 15.1. The zero-order chi connectivity index (χ0) is 31.6. The van der Waals surface area contributed by atoms with Crippen molar-refractivity contribution < 1.29 is 29.0 Å². The molecule has 4 amide bonds. The zero-order valence-corrected chi connectivity index (χ0v) is 25.4. The summed E-state index contributed by atoms with van der Waals surface area (Å²) in [6.07, 6.45) is 2.61. The molecule has 0 aromatic heterocycles. The number of carbonyl (C=O) groups excluding carboxylic acids is 4. The van der Waals surface area contributed by atoms with Crippen molar-refractivity contribution in [2.75, 3.05) is 19.1 Å². The zero-order valence-electron chi connectivity index (χ0n) is 25.4. The smallest absolute Gasteiger partial charge is 0.260 e. The lowest BCUT2D eigenvalue weighted by Crippen LogP contribution is -2.53. The second-order valence-corrected chi connectivity index (χ2v) is 12.5. The Morgan fingerprint density at radius 1 is 0.933 bits per heavy atom. The number of anilines is 1. The molecule has 3 fully saturated rings. The van der Waals surface area contributed by atoms with Gasteiger partial charge in [-0.1, -0.05) is 65.7 Å². The highest BCUT2D eigenvalue weighted by molar-refractivity contribution is 6.13. The van der Waals surface area contributed by atoms with Gasteiger partial charge in [0, 0.05) is 13.0 Å². The first-order valence-electron chi connectivity index (χ1n) is 15.4. The fraction of sp³-hybridized carbons (Fsp3) is 0.333. The van der Waals surface area contributed by atoms with Gasteiger partial charge in [-0.2, -0.15) is 5.01 Å². The molecule has 3 aromatic rings. The largest absolute Gasteiger partial charge is 0.504 e. The number of allylic oxidation sites excluding steroid dienone is 2. The van der Waals surface area contributed by atoms with Crippen LogP contribution >= 0.6 is 0 Å². The maximum Gasteiger partial charge on any atom is 0.260 e. The number of hydrazine groups is 1. The van der Waals surface area contributed by atoms with Crippen molar-refractivity contribution in [3.05, 3.63) is 101 Å². The summed E-state index contributed by atoms with van der Waals surface area (Å²) in [5.41, 5.74) is 5.60. The van der Waals surface area contributed by atoms with Crippen LogP contribution in [0.15, 0.2) is 84.4 Å². The third kappa shape index (κ3) is 4.13. The molecule has 2 aliphatic heterocycles. The summed E-state index contributed by atoms with van der Waals surface area (Å²) >= 11 is 0. The summed E-state index contributed by atoms with van der Waals surface area (Å²) in [4.78, 5) is 57.6. The highest BCUT2D eigenvalue weighted by Gasteiger charge is 2.70. The number of benzene rings is 3. The number of phenols is 1. The number of rotatable bonds is 6. The van der Waals surface area contributed by atoms with E-state index in [4.69, 9.17) is 4.74 Å². The molecule has 9 nitrogen and oxygen atoms in total. The molecule has 0 radical (unpaired) electrons. The molecular weight excluding hydrogens is 570 g/mol. The molecule has 230 valence electrons. The molecule has 6 atom stereocenters. The molecule has 0 spiro atoms. The van der Waals surface area contributed by atoms with E-state index in [1.54, 1.807) is 18.2 Å². The number of likely N-dealkylation sites (tertiary alicyclic amines) is 1. The Morgan fingerprint density at radius 3 is 2.38 bits per heavy atom. The molecule has 3 aromatic carbocycles. The number of ether oxygens (including phenoxy) is 1. The van der Waals surface area contributed by atoms with Crippen molar-refractivity contribution in [3.8, 4) is 11.5 Å². The first-order chi connectivity index (χ1) is 21.7. The Hall–Kier alpha value is -4.92. The SMILES string of the molecule is CCOc1cc([C@H]2C3=CC[C@@H]4C(=O)N(C)C(=O)[C@@H]4[C@@H]3C[C@H]3C(=O)N(Nc4ccc(C)cc4)C(=O)[C@@]23c2ccccc2)ccc1O. The maximum absolute atomic E-state index is 15.1. The lowest BCUT2D eigenvalue weighted by Gasteiger charge is -2.50. The Balaban J connectivity index is 1.47. The second kappa shape index (κ2) is 10.6. The van der Waals surface area contributed by atoms with E-state index in [-0.39, 0.29) is 35.6 Å². The van der Waals surface area contributed by atoms with E-state index in [2.05, 4.69) is 5.43 Å². The van der Waals surface area contributed by atoms with Gasteiger partial charge >= 0.3 is 0 Å². The predicted octanol–water partition coefficient (Wildman–Crippen LogP) is 4.71. The highest BCUT2D eigenvalue weighted by atomic mass is 16.5. The van der Waals surface area contributed by atoms with Crippen LogP contribution < -0.4 is 10.2 Å². The number of nitrogens with zero attached hydrogens (tertiary/aromatic N) is 2. The van der Waals surface area contributed by atoms with Crippen LogP contribution in [0.4, 0.5) is 5.69 Å². The number of nitrogens with one attached hydrogen (secondary N) is 1. The van der Waals surface area contributed by atoms with Crippen LogP contribution in [0.2, 0.25) is 0 Å². The minimum Gasteiger partial charge on any atom is -0.504 e. The minimum absolute atomic E-state index is 0.0364. The first kappa shape index (κ1) is 28.8. The summed E-state index contributed by atoms with van der Waals surface area (Å²) in [5, 5.41) is 11.8. The lowest BCUT2D eigenvalue weighted by atomic mass is 9.49. The van der Waals surface area contributed by atoms with Crippen molar-refractivity contribution in [2.45, 2.75) is 38.0 Å². The third-order valence-corrected chi connectivity index (χ3v) is 10.2. The number of aryl methyl sites for hydroxylation is 1. The number of carbonyl (C=O) groups is 4. The number of aromatic hydroxyl groups is 1. The Morgan fingerprint density at radius 2 is 1.67 bits per heavy atom. The van der Waals surface area contributed by atoms with Crippen LogP contribution in [0.1, 0.15) is 42.4 Å². The summed E-state index contributed by atoms with van der Waals surface area (Å²) in [6, 6.07) is 21.9. The summed E-state index contributed by atoms with van der Waals surface area (Å²) in [6.45, 7) is 4.10. The Bertz CT molecular complexity index is 1750. The second-order valence-electron chi connectivity index (χ2n) is 12.5. The van der Waals surface area contributed by atoms with Crippen molar-refractivity contribution >= 4 is 29.3 Å². The van der Waals surface area contributed by atoms with E-state index in [0.29, 0.717) is 29.8 Å². The monoisotopic (exact) mass is 605 g/mol. The highest BCUT2D eigenvalue weighted by Crippen LogP contribution is 2.64. The van der Waals surface area contributed by atoms with E-state index < -0.39 is 40.9 Å². The summed E-state index contributed by atoms with van der Waals surface area (Å²) in [7, 11) is 1.52. The van der Waals surface area contributed by atoms with Gasteiger partial charge in [0.15, 0.2) is 11.5 Å². The number of imide groups is 2. The van der Waals surface area contributed by atoms with Gasteiger partial charge in [-0.25, -0.2) is 0 Å². The summed E-state index contributed by atoms with van der Waals surface area (Å²) in [5.74, 6) is -4.09. The van der Waals surface area contributed by atoms with E-state index in [1.807, 2.05) is 74.5 Å². The van der Waals surface area contributed by atoms with E-state index in [1.165, 1.54) is 11.9 Å². The lowest BCUT2D eigenvalue weighted by molar-refractivity contribution is -0.140. The fourth-order valence-corrected chi connectivity index (χ4v) is 8.26. The number of hydrogen-bond acceptors (Lipinski definition) is 7. The van der Waals surface area contributed by atoms with E-state index in [0.717, 1.165) is 16.1 Å². The van der Waals surface area contributed by atoms with Gasteiger partial charge in [0.25, 0.3) is 11.8 Å². The van der Waals surface area contributed by atoms with Crippen molar-refractivity contribution in [3.63, 3.8) is 0 Å². The molecule has 2 aliphatic carbocycles. The summed E-state index contributed by atoms with van der Waals surface area (Å²) < 4.78 is 5.78. The molecular formula is C36H35N3O6. The van der Waals surface area contributed by atoms with Crippen molar-refractivity contribution in [1.29, 1.82) is 0 Å². The molecule has 45 heavy (non-hydrogen) atoms. The molecule has 9 heteroatoms. The molecule has 0 unspecified atom stereocenters. The molecule has 1 saturated carbocycles. The normalized spacial score (nSPS) is 28.9. The third-order valence-electron chi connectivity index (χ3n) is 10.2. The molecule has 0 bridgehead atoms. The van der Waals surface area contributed by atoms with Crippen LogP contribution in [0.3, 0.4) is 0 Å². The minimum atomic E-state index is -1.37. The Kier molecular flexibility index (Phi) is 6.80. The van der Waals surface area contributed by atoms with Crippen LogP contribution in [-0.4, -0.2) is 52.3 Å². The molecule has 7 rings (SSSR count). The predicted molar refractivity (Wildman–Crippen MR) is 166 cm³/mol. The van der Waals surface area contributed by atoms with Crippen LogP contribution in [0.25, 0.3) is 0 Å². The first-order valence-corrected chi connectivity index (χ1v) is 15.4. The van der Waals surface area contributed by atoms with E-state index in [9.17, 15) is 19.5 Å². The molecule has 2 heterocycles. The van der Waals surface area contributed by atoms with Gasteiger partial charge in [-0.3, -0.25) is 29.5 Å². The van der Waals surface area contributed by atoms with Crippen LogP contribution in [0, 0.1) is 30.6 Å². The van der Waals surface area contributed by atoms with Gasteiger partial charge in [-0.05, 0) is 68.0 Å². The van der Waals surface area contributed by atoms with Crippen molar-refractivity contribution in [1.82, 2.24) is 9.91 Å². The van der Waals surface area contributed by atoms with Gasteiger partial charge < -0.3 is 9.84 Å². The standard InChI is InChI=1S/C36H35N3O6/c1-4-45-29-18-21(12-17-28(29)40)31-24-15-16-25-30(34(43)38(3)32(25)41)26(24)19-27-33(42)39(37-23-13-10-20(2)11-14-23)35(44)36(27,31)22-8-6-5-7-9-22/h5-15,17-18,25-27,30-31,37,40H,4,16,19H2,1-3H3/t25-,26+,27-,30-,31-,36+/m0/s1.